The van der Waals surface area contributed by atoms with Gasteiger partial charge < -0.3 is 11.1 Å². The number of rotatable bonds is 0. The van der Waals surface area contributed by atoms with Gasteiger partial charge in [-0.05, 0) is 40.0 Å². The van der Waals surface area contributed by atoms with Crippen molar-refractivity contribution in [2.24, 2.45) is 5.73 Å². The lowest BCUT2D eigenvalue weighted by atomic mass is 9.98. The van der Waals surface area contributed by atoms with Gasteiger partial charge in [0.15, 0.2) is 0 Å². The molecule has 1 aromatic carbocycles. The number of benzene rings is 1. The Labute approximate surface area is 95.9 Å². The third-order valence-electron chi connectivity index (χ3n) is 3.31. The van der Waals surface area contributed by atoms with Crippen molar-refractivity contribution in [3.63, 3.8) is 0 Å². The predicted octanol–water partition coefficient (Wildman–Crippen LogP) is 2.50. The maximum Gasteiger partial charge on any atom is 0.0525 e. The molecule has 3 N–H and O–H groups in total. The number of nitrogens with one attached hydrogen (secondary N) is 1. The van der Waals surface area contributed by atoms with Crippen molar-refractivity contribution < 1.29 is 0 Å². The summed E-state index contributed by atoms with van der Waals surface area (Å²) < 4.78 is 1.04. The Balaban J connectivity index is 2.20. The fourth-order valence-electron chi connectivity index (χ4n) is 2.33. The van der Waals surface area contributed by atoms with Gasteiger partial charge in [-0.3, -0.25) is 0 Å². The summed E-state index contributed by atoms with van der Waals surface area (Å²) in [4.78, 5) is 0. The lowest BCUT2D eigenvalue weighted by Gasteiger charge is -2.08. The van der Waals surface area contributed by atoms with Crippen LogP contribution in [0.5, 0.6) is 0 Å². The summed E-state index contributed by atoms with van der Waals surface area (Å²) in [6.45, 7) is 0.947. The molecule has 14 heavy (non-hydrogen) atoms. The molecule has 2 nitrogen and oxygen atoms in total. The van der Waals surface area contributed by atoms with Gasteiger partial charge in [-0.2, -0.15) is 0 Å². The van der Waals surface area contributed by atoms with Gasteiger partial charge in [-0.25, -0.2) is 0 Å². The Bertz CT molecular complexity index is 421. The average Bonchev–Trinajstić information content (AvgIpc) is 2.59. The van der Waals surface area contributed by atoms with E-state index in [1.807, 2.05) is 12.1 Å². The molecule has 0 amide bonds. The normalized spacial score (nSPS) is 32.9. The molecule has 1 spiro atoms. The second kappa shape index (κ2) is 2.65. The molecule has 4 heteroatoms. The molecule has 0 saturated heterocycles. The number of nitrogens with two attached hydrogens (primary N) is 1. The minimum absolute atomic E-state index is 0.169. The van der Waals surface area contributed by atoms with Gasteiger partial charge in [0.1, 0.15) is 0 Å². The van der Waals surface area contributed by atoms with Crippen molar-refractivity contribution in [3.05, 3.63) is 27.2 Å². The summed E-state index contributed by atoms with van der Waals surface area (Å²) in [5.41, 5.74) is 8.60. The first-order valence-electron chi connectivity index (χ1n) is 4.62. The molecule has 2 atom stereocenters. The minimum Gasteiger partial charge on any atom is -0.383 e. The summed E-state index contributed by atoms with van der Waals surface area (Å²) in [6.07, 6.45) is 1.07. The zero-order valence-electron chi connectivity index (χ0n) is 7.48. The minimum atomic E-state index is 0.169. The van der Waals surface area contributed by atoms with Crippen LogP contribution in [0.4, 0.5) is 5.69 Å². The summed E-state index contributed by atoms with van der Waals surface area (Å²) in [7, 11) is 0. The van der Waals surface area contributed by atoms with Crippen molar-refractivity contribution in [2.75, 3.05) is 11.9 Å². The highest BCUT2D eigenvalue weighted by atomic mass is 79.9. The molecule has 1 aliphatic heterocycles. The lowest BCUT2D eigenvalue weighted by molar-refractivity contribution is 0.733. The van der Waals surface area contributed by atoms with E-state index in [2.05, 4.69) is 21.2 Å². The first-order chi connectivity index (χ1) is 6.63. The second-order valence-electron chi connectivity index (χ2n) is 4.13. The van der Waals surface area contributed by atoms with Crippen molar-refractivity contribution in [2.45, 2.75) is 17.9 Å². The number of hydrogen-bond donors (Lipinski definition) is 2. The molecule has 1 fully saturated rings. The molecule has 2 unspecified atom stereocenters. The highest BCUT2D eigenvalue weighted by molar-refractivity contribution is 9.10. The maximum absolute atomic E-state index is 6.03. The van der Waals surface area contributed by atoms with Crippen molar-refractivity contribution >= 4 is 33.2 Å². The summed E-state index contributed by atoms with van der Waals surface area (Å²) >= 11 is 9.54. The topological polar surface area (TPSA) is 38.0 Å². The Kier molecular flexibility index (Phi) is 1.71. The molecule has 0 aromatic heterocycles. The van der Waals surface area contributed by atoms with E-state index >= 15 is 0 Å². The van der Waals surface area contributed by atoms with Crippen LogP contribution < -0.4 is 11.1 Å². The molecular weight excluding hydrogens is 263 g/mol. The van der Waals surface area contributed by atoms with Gasteiger partial charge in [-0.1, -0.05) is 11.6 Å². The molecule has 1 saturated carbocycles. The van der Waals surface area contributed by atoms with E-state index < -0.39 is 0 Å². The lowest BCUT2D eigenvalue weighted by Crippen LogP contribution is -2.20. The molecule has 0 radical (unpaired) electrons. The Morgan fingerprint density at radius 3 is 2.93 bits per heavy atom. The zero-order valence-corrected chi connectivity index (χ0v) is 9.82. The first kappa shape index (κ1) is 9.01. The van der Waals surface area contributed by atoms with Crippen LogP contribution in [0.25, 0.3) is 0 Å². The molecule has 2 aliphatic rings. The van der Waals surface area contributed by atoms with E-state index in [-0.39, 0.29) is 5.41 Å². The second-order valence-corrected chi connectivity index (χ2v) is 5.42. The Morgan fingerprint density at radius 1 is 1.57 bits per heavy atom. The Hall–Kier alpha value is -0.250. The molecular formula is C10H10BrClN2. The van der Waals surface area contributed by atoms with E-state index in [0.717, 1.165) is 22.5 Å². The predicted molar refractivity (Wildman–Crippen MR) is 61.9 cm³/mol. The highest BCUT2D eigenvalue weighted by Crippen LogP contribution is 2.55. The van der Waals surface area contributed by atoms with Gasteiger partial charge in [0.2, 0.25) is 0 Å². The highest BCUT2D eigenvalue weighted by Gasteiger charge is 2.57. The van der Waals surface area contributed by atoms with Crippen LogP contribution in [0.15, 0.2) is 16.6 Å². The number of anilines is 1. The summed E-state index contributed by atoms with van der Waals surface area (Å²) in [5.74, 6) is 0. The average molecular weight is 274 g/mol. The van der Waals surface area contributed by atoms with Crippen LogP contribution >= 0.6 is 27.5 Å². The van der Waals surface area contributed by atoms with E-state index in [9.17, 15) is 0 Å². The van der Waals surface area contributed by atoms with Crippen LogP contribution in [0.2, 0.25) is 5.02 Å². The SMILES string of the molecule is NC1CC12CNc1c(Br)cc(Cl)cc12. The van der Waals surface area contributed by atoms with Crippen LogP contribution in [0.1, 0.15) is 12.0 Å². The van der Waals surface area contributed by atoms with Crippen LogP contribution in [0.3, 0.4) is 0 Å². The van der Waals surface area contributed by atoms with Crippen molar-refractivity contribution in [1.82, 2.24) is 0 Å². The third kappa shape index (κ3) is 1.01. The van der Waals surface area contributed by atoms with E-state index in [1.54, 1.807) is 0 Å². The summed E-state index contributed by atoms with van der Waals surface area (Å²) in [5, 5.41) is 4.17. The molecule has 1 aliphatic carbocycles. The largest absolute Gasteiger partial charge is 0.383 e. The molecule has 3 rings (SSSR count). The van der Waals surface area contributed by atoms with Gasteiger partial charge in [0.25, 0.3) is 0 Å². The molecule has 1 aromatic rings. The smallest absolute Gasteiger partial charge is 0.0525 e. The van der Waals surface area contributed by atoms with E-state index in [1.165, 1.54) is 11.3 Å². The van der Waals surface area contributed by atoms with Crippen molar-refractivity contribution in [3.8, 4) is 0 Å². The van der Waals surface area contributed by atoms with Gasteiger partial charge in [0, 0.05) is 27.5 Å². The first-order valence-corrected chi connectivity index (χ1v) is 5.79. The van der Waals surface area contributed by atoms with Crippen LogP contribution in [0, 0.1) is 0 Å². The fourth-order valence-corrected chi connectivity index (χ4v) is 3.28. The molecule has 1 heterocycles. The maximum atomic E-state index is 6.03. The molecule has 0 bridgehead atoms. The van der Waals surface area contributed by atoms with Crippen LogP contribution in [-0.4, -0.2) is 12.6 Å². The van der Waals surface area contributed by atoms with Gasteiger partial charge >= 0.3 is 0 Å². The summed E-state index contributed by atoms with van der Waals surface area (Å²) in [6, 6.07) is 4.25. The van der Waals surface area contributed by atoms with Gasteiger partial charge in [0.05, 0.1) is 5.69 Å². The quantitative estimate of drug-likeness (QED) is 0.762. The van der Waals surface area contributed by atoms with E-state index in [0.29, 0.717) is 6.04 Å². The fraction of sp³-hybridized carbons (Fsp3) is 0.400. The third-order valence-corrected chi connectivity index (χ3v) is 4.15. The monoisotopic (exact) mass is 272 g/mol. The Morgan fingerprint density at radius 2 is 2.29 bits per heavy atom. The number of hydrogen-bond acceptors (Lipinski definition) is 2. The zero-order chi connectivity index (χ0) is 9.92. The number of halogens is 2. The molecule has 74 valence electrons. The van der Waals surface area contributed by atoms with E-state index in [4.69, 9.17) is 17.3 Å². The van der Waals surface area contributed by atoms with Crippen molar-refractivity contribution in [1.29, 1.82) is 0 Å². The van der Waals surface area contributed by atoms with Crippen LogP contribution in [-0.2, 0) is 5.41 Å². The number of fused-ring (bicyclic) bond motifs is 2. The standard InChI is InChI=1S/C10H10BrClN2/c11-7-2-5(12)1-6-9(7)14-4-10(6)3-8(10)13/h1-2,8,14H,3-4,13H2. The van der Waals surface area contributed by atoms with Gasteiger partial charge in [-0.15, -0.1) is 0 Å².